The molecule has 0 aromatic heterocycles. The molecule has 3 atom stereocenters. The molecule has 2 heterocycles. The van der Waals surface area contributed by atoms with E-state index in [4.69, 9.17) is 23.7 Å². The van der Waals surface area contributed by atoms with Crippen LogP contribution in [0.25, 0.3) is 0 Å². The minimum Gasteiger partial charge on any atom is -0.459 e. The Hall–Kier alpha value is -2.78. The van der Waals surface area contributed by atoms with Crippen LogP contribution >= 0.6 is 0 Å². The molecule has 2 aliphatic rings. The summed E-state index contributed by atoms with van der Waals surface area (Å²) in [5.41, 5.74) is 0.497. The van der Waals surface area contributed by atoms with Gasteiger partial charge in [-0.3, -0.25) is 0 Å². The van der Waals surface area contributed by atoms with Crippen LogP contribution < -0.4 is 0 Å². The zero-order valence-electron chi connectivity index (χ0n) is 18.6. The first-order valence-corrected chi connectivity index (χ1v) is 10.9. The number of benzene rings is 2. The van der Waals surface area contributed by atoms with E-state index in [-0.39, 0.29) is 18.4 Å². The smallest absolute Gasteiger partial charge is 0.338 e. The third-order valence-corrected chi connectivity index (χ3v) is 5.57. The average Bonchev–Trinajstić information content (AvgIpc) is 2.83. The van der Waals surface area contributed by atoms with Crippen LogP contribution in [0.2, 0.25) is 0 Å². The first-order chi connectivity index (χ1) is 15.8. The van der Waals surface area contributed by atoms with Crippen molar-refractivity contribution in [3.63, 3.8) is 0 Å². The molecule has 33 heavy (non-hydrogen) atoms. The van der Waals surface area contributed by atoms with Gasteiger partial charge in [-0.25, -0.2) is 9.59 Å². The lowest BCUT2D eigenvalue weighted by Crippen LogP contribution is -2.62. The molecular weight excluding hydrogens is 428 g/mol. The summed E-state index contributed by atoms with van der Waals surface area (Å²) in [5, 5.41) is 10.9. The summed E-state index contributed by atoms with van der Waals surface area (Å²) in [5.74, 6) is -2.66. The van der Waals surface area contributed by atoms with Crippen molar-refractivity contribution >= 4 is 11.9 Å². The van der Waals surface area contributed by atoms with E-state index >= 15 is 0 Å². The van der Waals surface area contributed by atoms with Gasteiger partial charge in [0.25, 0.3) is 5.97 Å². The van der Waals surface area contributed by atoms with E-state index in [2.05, 4.69) is 0 Å². The Morgan fingerprint density at radius 1 is 0.939 bits per heavy atom. The number of carbonyl (C=O) groups excluding carboxylic acids is 2. The Morgan fingerprint density at radius 3 is 2.06 bits per heavy atom. The van der Waals surface area contributed by atoms with Crippen molar-refractivity contribution in [2.45, 2.75) is 44.6 Å². The van der Waals surface area contributed by atoms with E-state index in [0.717, 1.165) is 0 Å². The Balaban J connectivity index is 1.49. The summed E-state index contributed by atoms with van der Waals surface area (Å²) in [6.07, 6.45) is -3.30. The molecule has 0 saturated carbocycles. The van der Waals surface area contributed by atoms with Gasteiger partial charge < -0.3 is 28.8 Å². The minimum absolute atomic E-state index is 0.0219. The van der Waals surface area contributed by atoms with Crippen molar-refractivity contribution in [3.05, 3.63) is 71.8 Å². The van der Waals surface area contributed by atoms with E-state index in [1.165, 1.54) is 0 Å². The van der Waals surface area contributed by atoms with Gasteiger partial charge in [-0.2, -0.15) is 0 Å². The maximum atomic E-state index is 12.6. The monoisotopic (exact) mass is 456 g/mol. The number of hydrogen-bond acceptors (Lipinski definition) is 8. The number of esters is 2. The Bertz CT molecular complexity index is 949. The highest BCUT2D eigenvalue weighted by atomic mass is 16.9. The van der Waals surface area contributed by atoms with Gasteiger partial charge in [0, 0.05) is 5.41 Å². The van der Waals surface area contributed by atoms with E-state index in [0.29, 0.717) is 24.3 Å². The van der Waals surface area contributed by atoms with Gasteiger partial charge in [-0.05, 0) is 24.3 Å². The van der Waals surface area contributed by atoms with E-state index in [1.807, 2.05) is 13.8 Å². The molecule has 0 radical (unpaired) electrons. The van der Waals surface area contributed by atoms with Crippen molar-refractivity contribution < 1.29 is 38.4 Å². The molecule has 2 saturated heterocycles. The standard InChI is InChI=1S/C25H28O8/c1-24(2)15-30-25(31-16-24)13-19(32-23(28)18-11-7-4-8-12-18)21(26)20(33-25)14-29-22(27)17-9-5-3-6-10-17/h3-12,19-21,26H,13-16H2,1-2H3/t19-,20-,21+/m1/s1. The lowest BCUT2D eigenvalue weighted by atomic mass is 9.94. The molecule has 0 bridgehead atoms. The second-order valence-electron chi connectivity index (χ2n) is 9.05. The van der Waals surface area contributed by atoms with Crippen LogP contribution in [0.15, 0.2) is 60.7 Å². The van der Waals surface area contributed by atoms with Crippen molar-refractivity contribution in [1.29, 1.82) is 0 Å². The zero-order valence-corrected chi connectivity index (χ0v) is 18.6. The predicted molar refractivity (Wildman–Crippen MR) is 116 cm³/mol. The van der Waals surface area contributed by atoms with Gasteiger partial charge in [0.2, 0.25) is 0 Å². The molecule has 1 spiro atoms. The highest BCUT2D eigenvalue weighted by Gasteiger charge is 2.53. The maximum Gasteiger partial charge on any atom is 0.338 e. The van der Waals surface area contributed by atoms with Gasteiger partial charge in [0.05, 0.1) is 30.8 Å². The van der Waals surface area contributed by atoms with Crippen molar-refractivity contribution in [2.24, 2.45) is 5.41 Å². The lowest BCUT2D eigenvalue weighted by molar-refractivity contribution is -0.456. The number of carbonyl (C=O) groups is 2. The van der Waals surface area contributed by atoms with Crippen molar-refractivity contribution in [3.8, 4) is 0 Å². The number of aliphatic hydroxyl groups is 1. The number of aliphatic hydroxyl groups excluding tert-OH is 1. The SMILES string of the molecule is CC1(C)COC2(C[C@@H](OC(=O)c3ccccc3)[C@H](O)[C@@H](COC(=O)c3ccccc3)O2)OC1. The predicted octanol–water partition coefficient (Wildman–Crippen LogP) is 2.95. The first kappa shape index (κ1) is 23.4. The highest BCUT2D eigenvalue weighted by Crippen LogP contribution is 2.39. The van der Waals surface area contributed by atoms with Gasteiger partial charge >= 0.3 is 11.9 Å². The van der Waals surface area contributed by atoms with Crippen LogP contribution in [0.3, 0.4) is 0 Å². The van der Waals surface area contributed by atoms with Crippen molar-refractivity contribution in [1.82, 2.24) is 0 Å². The summed E-state index contributed by atoms with van der Waals surface area (Å²) in [6.45, 7) is 4.40. The Kier molecular flexibility index (Phi) is 6.81. The quantitative estimate of drug-likeness (QED) is 0.686. The van der Waals surface area contributed by atoms with Crippen LogP contribution in [-0.2, 0) is 23.7 Å². The highest BCUT2D eigenvalue weighted by molar-refractivity contribution is 5.89. The molecule has 8 heteroatoms. The lowest BCUT2D eigenvalue weighted by Gasteiger charge is -2.49. The molecular formula is C25H28O8. The molecule has 2 fully saturated rings. The van der Waals surface area contributed by atoms with Gasteiger partial charge in [-0.15, -0.1) is 0 Å². The first-order valence-electron chi connectivity index (χ1n) is 10.9. The molecule has 2 aliphatic heterocycles. The fraction of sp³-hybridized carbons (Fsp3) is 0.440. The van der Waals surface area contributed by atoms with E-state index in [9.17, 15) is 14.7 Å². The summed E-state index contributed by atoms with van der Waals surface area (Å²) >= 11 is 0. The van der Waals surface area contributed by atoms with Crippen LogP contribution in [0.5, 0.6) is 0 Å². The molecule has 2 aromatic carbocycles. The second-order valence-corrected chi connectivity index (χ2v) is 9.05. The summed E-state index contributed by atoms with van der Waals surface area (Å²) < 4.78 is 28.8. The molecule has 176 valence electrons. The van der Waals surface area contributed by atoms with Crippen LogP contribution in [-0.4, -0.2) is 61.2 Å². The van der Waals surface area contributed by atoms with Gasteiger partial charge in [0.15, 0.2) is 0 Å². The molecule has 1 N–H and O–H groups in total. The van der Waals surface area contributed by atoms with Crippen LogP contribution in [0.1, 0.15) is 41.0 Å². The molecule has 0 aliphatic carbocycles. The Morgan fingerprint density at radius 2 is 1.48 bits per heavy atom. The number of ether oxygens (including phenoxy) is 5. The summed E-state index contributed by atoms with van der Waals surface area (Å²) in [6, 6.07) is 17.0. The summed E-state index contributed by atoms with van der Waals surface area (Å²) in [4.78, 5) is 25.0. The molecule has 8 nitrogen and oxygen atoms in total. The fourth-order valence-electron chi connectivity index (χ4n) is 3.67. The van der Waals surface area contributed by atoms with E-state index in [1.54, 1.807) is 60.7 Å². The number of rotatable bonds is 5. The fourth-order valence-corrected chi connectivity index (χ4v) is 3.67. The zero-order chi connectivity index (χ0) is 23.5. The van der Waals surface area contributed by atoms with Crippen molar-refractivity contribution in [2.75, 3.05) is 19.8 Å². The third kappa shape index (κ3) is 5.59. The second kappa shape index (κ2) is 9.61. The largest absolute Gasteiger partial charge is 0.459 e. The average molecular weight is 456 g/mol. The molecule has 4 rings (SSSR count). The van der Waals surface area contributed by atoms with Gasteiger partial charge in [0.1, 0.15) is 24.9 Å². The maximum absolute atomic E-state index is 12.6. The van der Waals surface area contributed by atoms with Gasteiger partial charge in [-0.1, -0.05) is 50.2 Å². The molecule has 0 unspecified atom stereocenters. The van der Waals surface area contributed by atoms with Crippen LogP contribution in [0.4, 0.5) is 0 Å². The summed E-state index contributed by atoms with van der Waals surface area (Å²) in [7, 11) is 0. The Labute approximate surface area is 192 Å². The molecule has 2 aromatic rings. The molecule has 0 amide bonds. The topological polar surface area (TPSA) is 101 Å². The normalized spacial score (nSPS) is 25.8. The number of hydrogen-bond donors (Lipinski definition) is 1. The van der Waals surface area contributed by atoms with Crippen LogP contribution in [0, 0.1) is 5.41 Å². The van der Waals surface area contributed by atoms with E-state index < -0.39 is 36.2 Å². The third-order valence-electron chi connectivity index (χ3n) is 5.57. The minimum atomic E-state index is -1.51.